The number of aromatic nitrogens is 1. The van der Waals surface area contributed by atoms with Crippen LogP contribution in [0.5, 0.6) is 0 Å². The zero-order valence-electron chi connectivity index (χ0n) is 13.4. The van der Waals surface area contributed by atoms with E-state index in [1.165, 1.54) is 11.3 Å². The maximum absolute atomic E-state index is 12.1. The predicted molar refractivity (Wildman–Crippen MR) is 92.8 cm³/mol. The minimum atomic E-state index is -0.521. The molecule has 0 aromatic carbocycles. The Labute approximate surface area is 147 Å². The molecule has 1 saturated heterocycles. The monoisotopic (exact) mass is 404 g/mol. The molecule has 1 aromatic heterocycles. The van der Waals surface area contributed by atoms with E-state index in [2.05, 4.69) is 31.5 Å². The van der Waals surface area contributed by atoms with Crippen LogP contribution < -0.4 is 10.6 Å². The Hall–Kier alpha value is -1.35. The predicted octanol–water partition coefficient (Wildman–Crippen LogP) is 3.43. The quantitative estimate of drug-likeness (QED) is 0.790. The number of hydrogen-bond donors (Lipinski definition) is 2. The molecule has 9 heteroatoms. The second kappa shape index (κ2) is 7.48. The Morgan fingerprint density at radius 3 is 2.83 bits per heavy atom. The zero-order chi connectivity index (χ0) is 17.0. The average molecular weight is 405 g/mol. The summed E-state index contributed by atoms with van der Waals surface area (Å²) in [5, 5.41) is 7.30. The topological polar surface area (TPSA) is 83.6 Å². The summed E-state index contributed by atoms with van der Waals surface area (Å²) in [6.45, 7) is 6.61. The second-order valence-corrected chi connectivity index (χ2v) is 8.48. The number of nitrogens with one attached hydrogen (secondary N) is 2. The number of halogens is 1. The number of rotatable bonds is 2. The fourth-order valence-corrected chi connectivity index (χ4v) is 3.18. The molecule has 1 atom stereocenters. The van der Waals surface area contributed by atoms with Crippen molar-refractivity contribution in [2.45, 2.75) is 45.3 Å². The summed E-state index contributed by atoms with van der Waals surface area (Å²) in [7, 11) is 0. The van der Waals surface area contributed by atoms with Crippen LogP contribution in [0.2, 0.25) is 0 Å². The van der Waals surface area contributed by atoms with Crippen molar-refractivity contribution in [3.8, 4) is 0 Å². The van der Waals surface area contributed by atoms with Gasteiger partial charge in [0.05, 0.1) is 0 Å². The summed E-state index contributed by atoms with van der Waals surface area (Å²) < 4.78 is 6.08. The average Bonchev–Trinajstić information content (AvgIpc) is 2.82. The summed E-state index contributed by atoms with van der Waals surface area (Å²) in [4.78, 5) is 29.8. The maximum atomic E-state index is 12.1. The molecule has 0 spiro atoms. The fraction of sp³-hybridized carbons (Fsp3) is 0.643. The Bertz CT molecular complexity index is 573. The molecule has 3 amide bonds. The van der Waals surface area contributed by atoms with Crippen molar-refractivity contribution in [2.24, 2.45) is 0 Å². The van der Waals surface area contributed by atoms with Gasteiger partial charge in [0.25, 0.3) is 0 Å². The van der Waals surface area contributed by atoms with Crippen LogP contribution >= 0.6 is 27.3 Å². The first-order valence-electron chi connectivity index (χ1n) is 7.39. The molecule has 2 heterocycles. The molecule has 1 aromatic rings. The van der Waals surface area contributed by atoms with Crippen molar-refractivity contribution < 1.29 is 14.3 Å². The molecular formula is C14H21BrN4O3S. The van der Waals surface area contributed by atoms with Crippen LogP contribution in [0.3, 0.4) is 0 Å². The van der Waals surface area contributed by atoms with Gasteiger partial charge in [-0.15, -0.1) is 11.3 Å². The largest absolute Gasteiger partial charge is 0.444 e. The summed E-state index contributed by atoms with van der Waals surface area (Å²) in [5.41, 5.74) is -0.521. The number of likely N-dealkylation sites (tertiary alicyclic amines) is 1. The summed E-state index contributed by atoms with van der Waals surface area (Å²) in [6.07, 6.45) is 1.31. The highest BCUT2D eigenvalue weighted by atomic mass is 79.9. The lowest BCUT2D eigenvalue weighted by Gasteiger charge is -2.34. The van der Waals surface area contributed by atoms with E-state index in [1.54, 1.807) is 10.3 Å². The lowest BCUT2D eigenvalue weighted by atomic mass is 10.1. The van der Waals surface area contributed by atoms with Gasteiger partial charge in [0.15, 0.2) is 3.92 Å². The van der Waals surface area contributed by atoms with Gasteiger partial charge < -0.3 is 15.0 Å². The molecule has 2 N–H and O–H groups in total. The first-order valence-corrected chi connectivity index (χ1v) is 9.07. The minimum Gasteiger partial charge on any atom is -0.444 e. The lowest BCUT2D eigenvalue weighted by Crippen LogP contribution is -2.51. The van der Waals surface area contributed by atoms with Crippen molar-refractivity contribution in [1.29, 1.82) is 0 Å². The molecule has 128 valence electrons. The van der Waals surface area contributed by atoms with Crippen LogP contribution in [0.25, 0.3) is 0 Å². The van der Waals surface area contributed by atoms with Gasteiger partial charge in [0.1, 0.15) is 11.4 Å². The number of ether oxygens (including phenoxy) is 1. The third-order valence-electron chi connectivity index (χ3n) is 3.13. The molecule has 23 heavy (non-hydrogen) atoms. The number of urea groups is 1. The molecule has 0 bridgehead atoms. The molecule has 2 rings (SSSR count). The molecule has 0 radical (unpaired) electrons. The molecule has 1 aliphatic rings. The van der Waals surface area contributed by atoms with Crippen molar-refractivity contribution in [3.63, 3.8) is 0 Å². The molecular weight excluding hydrogens is 384 g/mol. The van der Waals surface area contributed by atoms with Crippen molar-refractivity contribution in [3.05, 3.63) is 9.30 Å². The van der Waals surface area contributed by atoms with E-state index >= 15 is 0 Å². The Balaban J connectivity index is 1.83. The third-order valence-corrected chi connectivity index (χ3v) is 4.49. The number of nitrogens with zero attached hydrogens (tertiary/aromatic N) is 2. The van der Waals surface area contributed by atoms with Crippen LogP contribution in [-0.2, 0) is 4.74 Å². The number of carbonyl (C=O) groups excluding carboxylic acids is 2. The number of thiazole rings is 1. The van der Waals surface area contributed by atoms with E-state index in [-0.39, 0.29) is 18.2 Å². The van der Waals surface area contributed by atoms with Crippen molar-refractivity contribution in [1.82, 2.24) is 15.2 Å². The Morgan fingerprint density at radius 2 is 2.22 bits per heavy atom. The first kappa shape index (κ1) is 18.0. The van der Waals surface area contributed by atoms with E-state index in [1.807, 2.05) is 20.8 Å². The zero-order valence-corrected chi connectivity index (χ0v) is 15.8. The van der Waals surface area contributed by atoms with Crippen LogP contribution in [0.4, 0.5) is 15.4 Å². The third kappa shape index (κ3) is 5.98. The van der Waals surface area contributed by atoms with Crippen LogP contribution in [0.1, 0.15) is 33.6 Å². The second-order valence-electron chi connectivity index (χ2n) is 6.35. The standard InChI is InChI=1S/C14H21BrN4O3S/c1-14(2,3)22-13(21)19-6-4-5-9(7-19)16-12(20)18-10-8-23-11(15)17-10/h8-9H,4-7H2,1-3H3,(H2,16,18,20). The fourth-order valence-electron chi connectivity index (χ4n) is 2.23. The maximum Gasteiger partial charge on any atom is 0.410 e. The van der Waals surface area contributed by atoms with E-state index in [4.69, 9.17) is 4.74 Å². The van der Waals surface area contributed by atoms with Crippen molar-refractivity contribution >= 4 is 45.2 Å². The van der Waals surface area contributed by atoms with Gasteiger partial charge in [-0.25, -0.2) is 14.6 Å². The molecule has 0 saturated carbocycles. The Kier molecular flexibility index (Phi) is 5.85. The van der Waals surface area contributed by atoms with E-state index < -0.39 is 5.60 Å². The summed E-state index contributed by atoms with van der Waals surface area (Å²) in [5.74, 6) is 0.499. The molecule has 1 aliphatic heterocycles. The van der Waals surface area contributed by atoms with Gasteiger partial charge >= 0.3 is 12.1 Å². The van der Waals surface area contributed by atoms with Crippen LogP contribution in [0, 0.1) is 0 Å². The highest BCUT2D eigenvalue weighted by Gasteiger charge is 2.28. The molecule has 0 aliphatic carbocycles. The molecule has 1 fully saturated rings. The smallest absolute Gasteiger partial charge is 0.410 e. The number of piperidine rings is 1. The summed E-state index contributed by atoms with van der Waals surface area (Å²) >= 11 is 4.64. The normalized spacial score (nSPS) is 18.4. The number of hydrogen-bond acceptors (Lipinski definition) is 5. The highest BCUT2D eigenvalue weighted by Crippen LogP contribution is 2.19. The number of carbonyl (C=O) groups is 2. The van der Waals surface area contributed by atoms with Gasteiger partial charge in [-0.2, -0.15) is 0 Å². The minimum absolute atomic E-state index is 0.0988. The van der Waals surface area contributed by atoms with Gasteiger partial charge in [0, 0.05) is 24.5 Å². The van der Waals surface area contributed by atoms with Gasteiger partial charge in [-0.05, 0) is 49.5 Å². The van der Waals surface area contributed by atoms with E-state index in [0.717, 1.165) is 12.8 Å². The highest BCUT2D eigenvalue weighted by molar-refractivity contribution is 9.11. The van der Waals surface area contributed by atoms with E-state index in [0.29, 0.717) is 22.8 Å². The van der Waals surface area contributed by atoms with Crippen molar-refractivity contribution in [2.75, 3.05) is 18.4 Å². The molecule has 7 nitrogen and oxygen atoms in total. The first-order chi connectivity index (χ1) is 10.7. The Morgan fingerprint density at radius 1 is 1.48 bits per heavy atom. The van der Waals surface area contributed by atoms with Crippen LogP contribution in [0.15, 0.2) is 9.30 Å². The van der Waals surface area contributed by atoms with Gasteiger partial charge in [-0.3, -0.25) is 5.32 Å². The van der Waals surface area contributed by atoms with Crippen LogP contribution in [-0.4, -0.2) is 46.7 Å². The SMILES string of the molecule is CC(C)(C)OC(=O)N1CCCC(NC(=O)Nc2csc(Br)n2)C1. The molecule has 1 unspecified atom stereocenters. The number of anilines is 1. The van der Waals surface area contributed by atoms with Gasteiger partial charge in [0.2, 0.25) is 0 Å². The summed E-state index contributed by atoms with van der Waals surface area (Å²) in [6, 6.07) is -0.419. The number of amides is 3. The van der Waals surface area contributed by atoms with E-state index in [9.17, 15) is 9.59 Å². The van der Waals surface area contributed by atoms with Gasteiger partial charge in [-0.1, -0.05) is 0 Å². The lowest BCUT2D eigenvalue weighted by molar-refractivity contribution is 0.0191.